The molecule has 2 amide bonds. The van der Waals surface area contributed by atoms with Gasteiger partial charge in [-0.25, -0.2) is 0 Å². The minimum atomic E-state index is 0.00139. The van der Waals surface area contributed by atoms with Gasteiger partial charge in [0.1, 0.15) is 0 Å². The number of piperazine rings is 1. The van der Waals surface area contributed by atoms with Crippen LogP contribution < -0.4 is 0 Å². The molecule has 0 aliphatic carbocycles. The average molecular weight is 355 g/mol. The van der Waals surface area contributed by atoms with Gasteiger partial charge in [0.25, 0.3) is 5.91 Å². The van der Waals surface area contributed by atoms with Crippen molar-refractivity contribution in [2.24, 2.45) is 0 Å². The van der Waals surface area contributed by atoms with Gasteiger partial charge in [-0.1, -0.05) is 15.9 Å². The molecule has 4 nitrogen and oxygen atoms in total. The highest BCUT2D eigenvalue weighted by Gasteiger charge is 2.37. The zero-order valence-corrected chi connectivity index (χ0v) is 13.4. The average Bonchev–Trinajstić information content (AvgIpc) is 2.79. The lowest BCUT2D eigenvalue weighted by molar-refractivity contribution is -0.130. The van der Waals surface area contributed by atoms with E-state index in [0.717, 1.165) is 10.9 Å². The summed E-state index contributed by atoms with van der Waals surface area (Å²) < 4.78 is 0.908. The molecular formula is C14H15BrN2O2S. The summed E-state index contributed by atoms with van der Waals surface area (Å²) in [6.07, 6.45) is 1.47. The highest BCUT2D eigenvalue weighted by Crippen LogP contribution is 2.26. The molecule has 2 aliphatic heterocycles. The van der Waals surface area contributed by atoms with Crippen molar-refractivity contribution in [3.8, 4) is 0 Å². The van der Waals surface area contributed by atoms with Gasteiger partial charge < -0.3 is 9.80 Å². The second-order valence-electron chi connectivity index (χ2n) is 5.19. The molecule has 1 unspecified atom stereocenters. The fourth-order valence-corrected chi connectivity index (χ4v) is 3.75. The summed E-state index contributed by atoms with van der Waals surface area (Å²) in [7, 11) is 0. The van der Waals surface area contributed by atoms with Crippen LogP contribution in [0.2, 0.25) is 0 Å². The first kappa shape index (κ1) is 13.9. The molecule has 106 valence electrons. The Morgan fingerprint density at radius 2 is 2.15 bits per heavy atom. The Labute approximate surface area is 131 Å². The largest absolute Gasteiger partial charge is 0.336 e. The first-order valence-electron chi connectivity index (χ1n) is 6.63. The Morgan fingerprint density at radius 3 is 2.90 bits per heavy atom. The van der Waals surface area contributed by atoms with Crippen LogP contribution in [-0.2, 0) is 4.79 Å². The highest BCUT2D eigenvalue weighted by atomic mass is 79.9. The molecule has 3 rings (SSSR count). The molecule has 0 bridgehead atoms. The van der Waals surface area contributed by atoms with E-state index >= 15 is 0 Å². The predicted octanol–water partition coefficient (Wildman–Crippen LogP) is 2.18. The summed E-state index contributed by atoms with van der Waals surface area (Å²) >= 11 is 7.74. The number of halogens is 1. The van der Waals surface area contributed by atoms with Crippen molar-refractivity contribution in [3.63, 3.8) is 0 Å². The molecule has 2 heterocycles. The Bertz CT molecular complexity index is 578. The Balaban J connectivity index is 1.77. The molecule has 2 fully saturated rings. The Hall–Kier alpha value is -1.01. The van der Waals surface area contributed by atoms with Crippen LogP contribution >= 0.6 is 28.6 Å². The summed E-state index contributed by atoms with van der Waals surface area (Å²) in [5.41, 5.74) is 0.620. The minimum absolute atomic E-state index is 0.00139. The van der Waals surface area contributed by atoms with Crippen LogP contribution in [0.5, 0.6) is 0 Å². The van der Waals surface area contributed by atoms with Crippen LogP contribution in [0.25, 0.3) is 0 Å². The number of fused-ring (bicyclic) bond motifs is 1. The quantitative estimate of drug-likeness (QED) is 0.785. The van der Waals surface area contributed by atoms with Gasteiger partial charge in [0.2, 0.25) is 5.91 Å². The van der Waals surface area contributed by atoms with Gasteiger partial charge in [0.05, 0.1) is 5.56 Å². The van der Waals surface area contributed by atoms with E-state index in [0.29, 0.717) is 36.5 Å². The molecule has 2 saturated heterocycles. The normalized spacial score (nSPS) is 22.1. The lowest BCUT2D eigenvalue weighted by Gasteiger charge is -2.37. The van der Waals surface area contributed by atoms with E-state index in [4.69, 9.17) is 0 Å². The van der Waals surface area contributed by atoms with Gasteiger partial charge in [-0.15, -0.1) is 12.6 Å². The second-order valence-corrected chi connectivity index (χ2v) is 6.59. The minimum Gasteiger partial charge on any atom is -0.336 e. The van der Waals surface area contributed by atoms with Gasteiger partial charge >= 0.3 is 0 Å². The van der Waals surface area contributed by atoms with Crippen LogP contribution in [0.4, 0.5) is 0 Å². The third kappa shape index (κ3) is 2.46. The third-order valence-corrected chi connectivity index (χ3v) is 4.84. The molecule has 1 atom stereocenters. The lowest BCUT2D eigenvalue weighted by atomic mass is 10.1. The summed E-state index contributed by atoms with van der Waals surface area (Å²) in [5, 5.41) is 0. The summed E-state index contributed by atoms with van der Waals surface area (Å²) in [4.78, 5) is 28.6. The Kier molecular flexibility index (Phi) is 3.77. The molecule has 0 aromatic heterocycles. The topological polar surface area (TPSA) is 40.6 Å². The van der Waals surface area contributed by atoms with Crippen LogP contribution in [0.1, 0.15) is 23.2 Å². The third-order valence-electron chi connectivity index (χ3n) is 3.97. The van der Waals surface area contributed by atoms with E-state index in [1.165, 1.54) is 0 Å². The van der Waals surface area contributed by atoms with Crippen molar-refractivity contribution in [2.75, 3.05) is 19.6 Å². The SMILES string of the molecule is O=C(c1ccc(Br)cc1S)N1CCN2C(=O)CCC2C1. The number of carbonyl (C=O) groups is 2. The highest BCUT2D eigenvalue weighted by molar-refractivity contribution is 9.10. The smallest absolute Gasteiger partial charge is 0.255 e. The monoisotopic (exact) mass is 354 g/mol. The summed E-state index contributed by atoms with van der Waals surface area (Å²) in [5.74, 6) is 0.224. The van der Waals surface area contributed by atoms with Crippen LogP contribution in [0, 0.1) is 0 Å². The predicted molar refractivity (Wildman–Crippen MR) is 82.0 cm³/mol. The number of carbonyl (C=O) groups excluding carboxylic acids is 2. The number of amides is 2. The molecule has 2 aliphatic rings. The van der Waals surface area contributed by atoms with Crippen LogP contribution in [-0.4, -0.2) is 47.3 Å². The summed E-state index contributed by atoms with van der Waals surface area (Å²) in [6, 6.07) is 5.66. The van der Waals surface area contributed by atoms with Gasteiger partial charge in [0.15, 0.2) is 0 Å². The van der Waals surface area contributed by atoms with E-state index in [2.05, 4.69) is 28.6 Å². The van der Waals surface area contributed by atoms with Gasteiger partial charge in [-0.2, -0.15) is 0 Å². The molecule has 20 heavy (non-hydrogen) atoms. The number of benzene rings is 1. The molecule has 1 aromatic rings. The van der Waals surface area contributed by atoms with Gasteiger partial charge in [-0.05, 0) is 24.6 Å². The number of thiol groups is 1. The molecule has 1 aromatic carbocycles. The second kappa shape index (κ2) is 5.41. The first-order chi connectivity index (χ1) is 9.56. The molecule has 0 saturated carbocycles. The molecular weight excluding hydrogens is 340 g/mol. The van der Waals surface area contributed by atoms with Crippen LogP contribution in [0.3, 0.4) is 0 Å². The fourth-order valence-electron chi connectivity index (χ4n) is 2.90. The molecule has 0 radical (unpaired) electrons. The van der Waals surface area contributed by atoms with Crippen LogP contribution in [0.15, 0.2) is 27.6 Å². The fraction of sp³-hybridized carbons (Fsp3) is 0.429. The maximum atomic E-state index is 12.6. The Morgan fingerprint density at radius 1 is 1.35 bits per heavy atom. The molecule has 0 spiro atoms. The van der Waals surface area contributed by atoms with Crippen molar-refractivity contribution in [1.29, 1.82) is 0 Å². The van der Waals surface area contributed by atoms with Gasteiger partial charge in [-0.3, -0.25) is 9.59 Å². The number of hydrogen-bond acceptors (Lipinski definition) is 3. The van der Waals surface area contributed by atoms with Crippen molar-refractivity contribution in [1.82, 2.24) is 9.80 Å². The standard InChI is InChI=1S/C14H15BrN2O2S/c15-9-1-3-11(12(20)7-9)14(19)16-5-6-17-10(8-16)2-4-13(17)18/h1,3,7,10,20H,2,4-6,8H2. The lowest BCUT2D eigenvalue weighted by Crippen LogP contribution is -2.53. The van der Waals surface area contributed by atoms with Crippen molar-refractivity contribution in [2.45, 2.75) is 23.8 Å². The van der Waals surface area contributed by atoms with Gasteiger partial charge in [0, 0.05) is 41.5 Å². The number of rotatable bonds is 1. The summed E-state index contributed by atoms with van der Waals surface area (Å²) in [6.45, 7) is 1.88. The van der Waals surface area contributed by atoms with E-state index in [1.807, 2.05) is 21.9 Å². The van der Waals surface area contributed by atoms with E-state index in [9.17, 15) is 9.59 Å². The maximum absolute atomic E-state index is 12.6. The van der Waals surface area contributed by atoms with E-state index < -0.39 is 0 Å². The first-order valence-corrected chi connectivity index (χ1v) is 7.87. The van der Waals surface area contributed by atoms with Crippen molar-refractivity contribution in [3.05, 3.63) is 28.2 Å². The zero-order valence-electron chi connectivity index (χ0n) is 10.9. The molecule has 6 heteroatoms. The van der Waals surface area contributed by atoms with E-state index in [1.54, 1.807) is 6.07 Å². The van der Waals surface area contributed by atoms with Crippen molar-refractivity contribution >= 4 is 40.4 Å². The maximum Gasteiger partial charge on any atom is 0.255 e. The van der Waals surface area contributed by atoms with E-state index in [-0.39, 0.29) is 17.9 Å². The number of hydrogen-bond donors (Lipinski definition) is 1. The molecule has 0 N–H and O–H groups in total. The number of nitrogens with zero attached hydrogens (tertiary/aromatic N) is 2. The zero-order chi connectivity index (χ0) is 14.3. The van der Waals surface area contributed by atoms with Crippen molar-refractivity contribution < 1.29 is 9.59 Å².